The molecule has 0 unspecified atom stereocenters. The molecule has 0 bridgehead atoms. The van der Waals surface area contributed by atoms with E-state index in [9.17, 15) is 9.59 Å². The fraction of sp³-hybridized carbons (Fsp3) is 0.571. The van der Waals surface area contributed by atoms with Gasteiger partial charge >= 0.3 is 0 Å². The van der Waals surface area contributed by atoms with Gasteiger partial charge in [0.25, 0.3) is 5.91 Å². The second-order valence-electron chi connectivity index (χ2n) is 5.58. The van der Waals surface area contributed by atoms with Gasteiger partial charge in [0.05, 0.1) is 5.56 Å². The monoisotopic (exact) mass is 263 g/mol. The van der Waals surface area contributed by atoms with Crippen LogP contribution in [0.25, 0.3) is 0 Å². The van der Waals surface area contributed by atoms with Crippen LogP contribution >= 0.6 is 0 Å². The van der Waals surface area contributed by atoms with Crippen LogP contribution in [-0.2, 0) is 0 Å². The molecule has 5 heteroatoms. The summed E-state index contributed by atoms with van der Waals surface area (Å²) in [6.07, 6.45) is 4.95. The minimum absolute atomic E-state index is 0.0515. The molecule has 1 aliphatic carbocycles. The molecule has 19 heavy (non-hydrogen) atoms. The van der Waals surface area contributed by atoms with Crippen molar-refractivity contribution < 1.29 is 4.79 Å². The third kappa shape index (κ3) is 2.71. The lowest BCUT2D eigenvalue weighted by atomic mass is 9.75. The summed E-state index contributed by atoms with van der Waals surface area (Å²) in [4.78, 5) is 29.8. The third-order valence-corrected chi connectivity index (χ3v) is 4.14. The first-order valence-electron chi connectivity index (χ1n) is 6.56. The van der Waals surface area contributed by atoms with Crippen LogP contribution in [0, 0.1) is 0 Å². The van der Waals surface area contributed by atoms with Crippen LogP contribution in [0.1, 0.15) is 29.6 Å². The topological polar surface area (TPSA) is 56.4 Å². The Morgan fingerprint density at radius 2 is 2.00 bits per heavy atom. The minimum Gasteiger partial charge on any atom is -0.340 e. The van der Waals surface area contributed by atoms with Crippen molar-refractivity contribution in [2.75, 3.05) is 27.7 Å². The standard InChI is InChI=1S/C14H21N3O2/c1-16(2)14(7-4-8-14)10-17(3)13(19)11-5-6-12(18)15-9-11/h5-6,9H,4,7-8,10H2,1-3H3,(H,15,18). The molecule has 1 saturated carbocycles. The SMILES string of the molecule is CN(CC1(N(C)C)CCC1)C(=O)c1ccc(=O)[nH]c1. The van der Waals surface area contributed by atoms with E-state index in [0.29, 0.717) is 5.56 Å². The zero-order valence-electron chi connectivity index (χ0n) is 11.8. The van der Waals surface area contributed by atoms with Crippen LogP contribution < -0.4 is 5.56 Å². The Labute approximate surface area is 113 Å². The van der Waals surface area contributed by atoms with Crippen LogP contribution in [0.2, 0.25) is 0 Å². The van der Waals surface area contributed by atoms with Crippen LogP contribution in [0.5, 0.6) is 0 Å². The number of carbonyl (C=O) groups excluding carboxylic acids is 1. The fourth-order valence-corrected chi connectivity index (χ4v) is 2.61. The molecule has 2 rings (SSSR count). The maximum absolute atomic E-state index is 12.3. The number of amides is 1. The van der Waals surface area contributed by atoms with Crippen molar-refractivity contribution in [2.24, 2.45) is 0 Å². The van der Waals surface area contributed by atoms with Gasteiger partial charge in [-0.3, -0.25) is 9.59 Å². The maximum atomic E-state index is 12.3. The molecular weight excluding hydrogens is 242 g/mol. The van der Waals surface area contributed by atoms with Crippen molar-refractivity contribution in [1.29, 1.82) is 0 Å². The lowest BCUT2D eigenvalue weighted by molar-refractivity contribution is 0.0252. The van der Waals surface area contributed by atoms with Gasteiger partial charge in [0, 0.05) is 31.4 Å². The molecule has 1 N–H and O–H groups in total. The zero-order valence-corrected chi connectivity index (χ0v) is 11.8. The first kappa shape index (κ1) is 13.8. The fourth-order valence-electron chi connectivity index (χ4n) is 2.61. The molecule has 0 saturated heterocycles. The molecule has 5 nitrogen and oxygen atoms in total. The highest BCUT2D eigenvalue weighted by Crippen LogP contribution is 2.36. The van der Waals surface area contributed by atoms with Gasteiger partial charge in [-0.1, -0.05) is 0 Å². The van der Waals surface area contributed by atoms with E-state index in [1.54, 1.807) is 11.0 Å². The summed E-state index contributed by atoms with van der Waals surface area (Å²) in [7, 11) is 5.95. The van der Waals surface area contributed by atoms with Gasteiger partial charge in [-0.25, -0.2) is 0 Å². The van der Waals surface area contributed by atoms with Crippen LogP contribution in [0.4, 0.5) is 0 Å². The number of likely N-dealkylation sites (N-methyl/N-ethyl adjacent to an activating group) is 2. The molecular formula is C14H21N3O2. The molecule has 0 spiro atoms. The minimum atomic E-state index is -0.192. The second kappa shape index (κ2) is 5.17. The predicted molar refractivity (Wildman–Crippen MR) is 74.3 cm³/mol. The Balaban J connectivity index is 2.07. The number of rotatable bonds is 4. The third-order valence-electron chi connectivity index (χ3n) is 4.14. The van der Waals surface area contributed by atoms with Gasteiger partial charge in [0.2, 0.25) is 5.56 Å². The smallest absolute Gasteiger partial charge is 0.255 e. The van der Waals surface area contributed by atoms with Crippen LogP contribution in [0.3, 0.4) is 0 Å². The van der Waals surface area contributed by atoms with Gasteiger partial charge in [0.15, 0.2) is 0 Å². The summed E-state index contributed by atoms with van der Waals surface area (Å²) in [6.45, 7) is 0.720. The van der Waals surface area contributed by atoms with Crippen molar-refractivity contribution in [3.05, 3.63) is 34.2 Å². The Bertz CT molecular complexity index is 497. The highest BCUT2D eigenvalue weighted by atomic mass is 16.2. The molecule has 1 amide bonds. The van der Waals surface area contributed by atoms with E-state index >= 15 is 0 Å². The number of hydrogen-bond donors (Lipinski definition) is 1. The quantitative estimate of drug-likeness (QED) is 0.879. The lowest BCUT2D eigenvalue weighted by Crippen LogP contribution is -2.57. The number of hydrogen-bond acceptors (Lipinski definition) is 3. The number of aromatic amines is 1. The largest absolute Gasteiger partial charge is 0.340 e. The molecule has 1 heterocycles. The molecule has 0 aliphatic heterocycles. The van der Waals surface area contributed by atoms with Crippen molar-refractivity contribution in [3.63, 3.8) is 0 Å². The molecule has 1 aromatic rings. The highest BCUT2D eigenvalue weighted by Gasteiger charge is 2.40. The molecule has 104 valence electrons. The molecule has 1 aliphatic rings. The van der Waals surface area contributed by atoms with E-state index in [-0.39, 0.29) is 17.0 Å². The Morgan fingerprint density at radius 1 is 1.32 bits per heavy atom. The molecule has 0 atom stereocenters. The molecule has 1 fully saturated rings. The van der Waals surface area contributed by atoms with Crippen molar-refractivity contribution >= 4 is 5.91 Å². The Morgan fingerprint density at radius 3 is 2.42 bits per heavy atom. The van der Waals surface area contributed by atoms with Gasteiger partial charge in [-0.05, 0) is 39.4 Å². The summed E-state index contributed by atoms with van der Waals surface area (Å²) in [5, 5.41) is 0. The zero-order chi connectivity index (χ0) is 14.0. The normalized spacial score (nSPS) is 17.1. The van der Waals surface area contributed by atoms with E-state index in [1.165, 1.54) is 18.7 Å². The average molecular weight is 263 g/mol. The number of pyridine rings is 1. The van der Waals surface area contributed by atoms with Gasteiger partial charge in [-0.2, -0.15) is 0 Å². The van der Waals surface area contributed by atoms with Crippen LogP contribution in [0.15, 0.2) is 23.1 Å². The van der Waals surface area contributed by atoms with Crippen molar-refractivity contribution in [3.8, 4) is 0 Å². The van der Waals surface area contributed by atoms with Gasteiger partial charge < -0.3 is 14.8 Å². The number of nitrogens with one attached hydrogen (secondary N) is 1. The Hall–Kier alpha value is -1.62. The number of nitrogens with zero attached hydrogens (tertiary/aromatic N) is 2. The summed E-state index contributed by atoms with van der Waals surface area (Å²) >= 11 is 0. The summed E-state index contributed by atoms with van der Waals surface area (Å²) in [5.74, 6) is -0.0515. The highest BCUT2D eigenvalue weighted by molar-refractivity contribution is 5.93. The van der Waals surface area contributed by atoms with E-state index in [4.69, 9.17) is 0 Å². The molecule has 1 aromatic heterocycles. The number of carbonyl (C=O) groups is 1. The average Bonchev–Trinajstić information content (AvgIpc) is 2.33. The van der Waals surface area contributed by atoms with Gasteiger partial charge in [0.1, 0.15) is 0 Å². The van der Waals surface area contributed by atoms with E-state index in [1.807, 2.05) is 7.05 Å². The first-order valence-corrected chi connectivity index (χ1v) is 6.56. The number of aromatic nitrogens is 1. The summed E-state index contributed by atoms with van der Waals surface area (Å²) < 4.78 is 0. The van der Waals surface area contributed by atoms with E-state index in [2.05, 4.69) is 24.0 Å². The van der Waals surface area contributed by atoms with E-state index < -0.39 is 0 Å². The molecule has 0 radical (unpaired) electrons. The van der Waals surface area contributed by atoms with Crippen molar-refractivity contribution in [1.82, 2.24) is 14.8 Å². The van der Waals surface area contributed by atoms with Crippen molar-refractivity contribution in [2.45, 2.75) is 24.8 Å². The predicted octanol–water partition coefficient (Wildman–Crippen LogP) is 0.931. The molecule has 0 aromatic carbocycles. The van der Waals surface area contributed by atoms with Gasteiger partial charge in [-0.15, -0.1) is 0 Å². The lowest BCUT2D eigenvalue weighted by Gasteiger charge is -2.49. The second-order valence-corrected chi connectivity index (χ2v) is 5.58. The Kier molecular flexibility index (Phi) is 3.75. The van der Waals surface area contributed by atoms with Crippen LogP contribution in [-0.4, -0.2) is 53.9 Å². The summed E-state index contributed by atoms with van der Waals surface area (Å²) in [6, 6.07) is 2.95. The van der Waals surface area contributed by atoms with E-state index in [0.717, 1.165) is 19.4 Å². The number of H-pyrrole nitrogens is 1. The summed E-state index contributed by atoms with van der Waals surface area (Å²) in [5.41, 5.74) is 0.449. The first-order chi connectivity index (χ1) is 8.94. The maximum Gasteiger partial charge on any atom is 0.255 e.